The molecule has 1 saturated carbocycles. The number of hydrogen-bond acceptors (Lipinski definition) is 2. The molecule has 2 unspecified atom stereocenters. The molecule has 2 heteroatoms. The number of hydrogen-bond donors (Lipinski definition) is 1. The lowest BCUT2D eigenvalue weighted by Crippen LogP contribution is -2.34. The summed E-state index contributed by atoms with van der Waals surface area (Å²) in [6, 6.07) is 9.46. The van der Waals surface area contributed by atoms with Crippen LogP contribution in [0, 0.1) is 5.92 Å². The van der Waals surface area contributed by atoms with Crippen molar-refractivity contribution in [2.24, 2.45) is 5.92 Å². The van der Waals surface area contributed by atoms with Gasteiger partial charge in [0.05, 0.1) is 11.5 Å². The predicted molar refractivity (Wildman–Crippen MR) is 58.4 cm³/mol. The molecule has 1 aliphatic carbocycles. The summed E-state index contributed by atoms with van der Waals surface area (Å²) in [5.74, 6) is -0.0243. The van der Waals surface area contributed by atoms with Crippen LogP contribution in [0.2, 0.25) is 0 Å². The van der Waals surface area contributed by atoms with E-state index in [1.165, 1.54) is 0 Å². The molecule has 1 fully saturated rings. The zero-order valence-electron chi connectivity index (χ0n) is 8.94. The van der Waals surface area contributed by atoms with Gasteiger partial charge in [0.2, 0.25) is 0 Å². The monoisotopic (exact) mass is 204 g/mol. The molecule has 0 heterocycles. The van der Waals surface area contributed by atoms with Crippen molar-refractivity contribution >= 4 is 5.78 Å². The Bertz CT molecular complexity index is 354. The van der Waals surface area contributed by atoms with Crippen LogP contribution in [0.25, 0.3) is 0 Å². The van der Waals surface area contributed by atoms with Gasteiger partial charge in [-0.3, -0.25) is 4.79 Å². The van der Waals surface area contributed by atoms with Crippen molar-refractivity contribution in [2.75, 3.05) is 0 Å². The summed E-state index contributed by atoms with van der Waals surface area (Å²) in [6.45, 7) is 1.75. The lowest BCUT2D eigenvalue weighted by molar-refractivity contribution is -0.128. The molecule has 0 aromatic heterocycles. The average Bonchev–Trinajstić information content (AvgIpc) is 2.66. The van der Waals surface area contributed by atoms with Crippen LogP contribution < -0.4 is 0 Å². The van der Waals surface area contributed by atoms with Crippen LogP contribution >= 0.6 is 0 Å². The van der Waals surface area contributed by atoms with E-state index in [0.29, 0.717) is 6.42 Å². The molecular formula is C13H16O2. The van der Waals surface area contributed by atoms with Crippen LogP contribution in [0.4, 0.5) is 0 Å². The Morgan fingerprint density at radius 3 is 2.53 bits per heavy atom. The summed E-state index contributed by atoms with van der Waals surface area (Å²) in [7, 11) is 0. The molecule has 0 aliphatic heterocycles. The first-order valence-corrected chi connectivity index (χ1v) is 5.43. The molecule has 2 rings (SSSR count). The molecule has 80 valence electrons. The van der Waals surface area contributed by atoms with E-state index in [4.69, 9.17) is 0 Å². The number of ketones is 1. The maximum atomic E-state index is 11.6. The standard InChI is InChI=1S/C13H16O2/c1-13(15,10-6-3-2-4-7-10)11-8-5-9-12(11)14/h2-4,6-7,11,15H,5,8-9H2,1H3. The SMILES string of the molecule is CC(O)(c1ccccc1)C1CCCC1=O. The third-order valence-corrected chi connectivity index (χ3v) is 3.34. The molecular weight excluding hydrogens is 188 g/mol. The summed E-state index contributed by atoms with van der Waals surface area (Å²) in [6.07, 6.45) is 2.33. The largest absolute Gasteiger partial charge is 0.385 e. The second-order valence-electron chi connectivity index (χ2n) is 4.42. The van der Waals surface area contributed by atoms with E-state index in [-0.39, 0.29) is 11.7 Å². The third-order valence-electron chi connectivity index (χ3n) is 3.34. The topological polar surface area (TPSA) is 37.3 Å². The summed E-state index contributed by atoms with van der Waals surface area (Å²) < 4.78 is 0. The van der Waals surface area contributed by atoms with Gasteiger partial charge in [-0.25, -0.2) is 0 Å². The number of aliphatic hydroxyl groups is 1. The van der Waals surface area contributed by atoms with Gasteiger partial charge in [-0.15, -0.1) is 0 Å². The highest BCUT2D eigenvalue weighted by atomic mass is 16.3. The Kier molecular flexibility index (Phi) is 2.61. The van der Waals surface area contributed by atoms with E-state index in [0.717, 1.165) is 18.4 Å². The van der Waals surface area contributed by atoms with Gasteiger partial charge in [-0.2, -0.15) is 0 Å². The Morgan fingerprint density at radius 2 is 2.00 bits per heavy atom. The van der Waals surface area contributed by atoms with Gasteiger partial charge in [0.1, 0.15) is 5.78 Å². The highest BCUT2D eigenvalue weighted by Gasteiger charge is 2.40. The van der Waals surface area contributed by atoms with E-state index in [1.807, 2.05) is 30.3 Å². The predicted octanol–water partition coefficient (Wildman–Crippen LogP) is 2.26. The van der Waals surface area contributed by atoms with Crippen molar-refractivity contribution in [3.63, 3.8) is 0 Å². The number of carbonyl (C=O) groups is 1. The van der Waals surface area contributed by atoms with E-state index in [1.54, 1.807) is 6.92 Å². The fraction of sp³-hybridized carbons (Fsp3) is 0.462. The van der Waals surface area contributed by atoms with Gasteiger partial charge in [-0.05, 0) is 25.3 Å². The van der Waals surface area contributed by atoms with Crippen LogP contribution in [-0.2, 0) is 10.4 Å². The molecule has 15 heavy (non-hydrogen) atoms. The summed E-state index contributed by atoms with van der Waals surface area (Å²) >= 11 is 0. The van der Waals surface area contributed by atoms with E-state index in [9.17, 15) is 9.90 Å². The van der Waals surface area contributed by atoms with E-state index < -0.39 is 5.60 Å². The molecule has 0 amide bonds. The molecule has 0 bridgehead atoms. The van der Waals surface area contributed by atoms with Crippen molar-refractivity contribution in [1.82, 2.24) is 0 Å². The molecule has 0 radical (unpaired) electrons. The molecule has 0 saturated heterocycles. The second-order valence-corrected chi connectivity index (χ2v) is 4.42. The van der Waals surface area contributed by atoms with E-state index >= 15 is 0 Å². The van der Waals surface area contributed by atoms with Crippen LogP contribution in [0.1, 0.15) is 31.7 Å². The van der Waals surface area contributed by atoms with Crippen molar-refractivity contribution in [2.45, 2.75) is 31.8 Å². The molecule has 1 aliphatic rings. The summed E-state index contributed by atoms with van der Waals surface area (Å²) in [4.78, 5) is 11.6. The molecule has 0 spiro atoms. The molecule has 1 aromatic carbocycles. The van der Waals surface area contributed by atoms with Crippen molar-refractivity contribution in [3.05, 3.63) is 35.9 Å². The number of rotatable bonds is 2. The number of Topliss-reactive ketones (excluding diaryl/α,β-unsaturated/α-hetero) is 1. The molecule has 2 atom stereocenters. The maximum Gasteiger partial charge on any atom is 0.139 e. The zero-order chi connectivity index (χ0) is 10.9. The minimum atomic E-state index is -1.01. The Morgan fingerprint density at radius 1 is 1.33 bits per heavy atom. The van der Waals surface area contributed by atoms with Crippen molar-refractivity contribution in [3.8, 4) is 0 Å². The van der Waals surface area contributed by atoms with Crippen molar-refractivity contribution < 1.29 is 9.90 Å². The quantitative estimate of drug-likeness (QED) is 0.802. The molecule has 1 N–H and O–H groups in total. The van der Waals surface area contributed by atoms with Gasteiger partial charge < -0.3 is 5.11 Å². The van der Waals surface area contributed by atoms with Gasteiger partial charge in [-0.1, -0.05) is 30.3 Å². The maximum absolute atomic E-state index is 11.6. The van der Waals surface area contributed by atoms with Gasteiger partial charge in [0.25, 0.3) is 0 Å². The Balaban J connectivity index is 2.30. The molecule has 2 nitrogen and oxygen atoms in total. The normalized spacial score (nSPS) is 25.2. The minimum Gasteiger partial charge on any atom is -0.385 e. The first-order chi connectivity index (χ1) is 7.12. The lowest BCUT2D eigenvalue weighted by Gasteiger charge is -2.29. The average molecular weight is 204 g/mol. The second kappa shape index (κ2) is 3.78. The van der Waals surface area contributed by atoms with Gasteiger partial charge in [0, 0.05) is 6.42 Å². The van der Waals surface area contributed by atoms with Crippen LogP contribution in [0.5, 0.6) is 0 Å². The Hall–Kier alpha value is -1.15. The van der Waals surface area contributed by atoms with E-state index in [2.05, 4.69) is 0 Å². The minimum absolute atomic E-state index is 0.198. The lowest BCUT2D eigenvalue weighted by atomic mass is 9.81. The first kappa shape index (κ1) is 10.4. The third kappa shape index (κ3) is 1.82. The van der Waals surface area contributed by atoms with Crippen molar-refractivity contribution in [1.29, 1.82) is 0 Å². The Labute approximate surface area is 89.9 Å². The fourth-order valence-corrected chi connectivity index (χ4v) is 2.39. The number of benzene rings is 1. The van der Waals surface area contributed by atoms with Gasteiger partial charge in [0.15, 0.2) is 0 Å². The first-order valence-electron chi connectivity index (χ1n) is 5.43. The highest BCUT2D eigenvalue weighted by molar-refractivity contribution is 5.84. The summed E-state index contributed by atoms with van der Waals surface area (Å²) in [5.41, 5.74) is -0.167. The molecule has 1 aromatic rings. The number of carbonyl (C=O) groups excluding carboxylic acids is 1. The smallest absolute Gasteiger partial charge is 0.139 e. The van der Waals surface area contributed by atoms with Crippen LogP contribution in [0.3, 0.4) is 0 Å². The summed E-state index contributed by atoms with van der Waals surface area (Å²) in [5, 5.41) is 10.4. The highest BCUT2D eigenvalue weighted by Crippen LogP contribution is 2.37. The van der Waals surface area contributed by atoms with Crippen LogP contribution in [0.15, 0.2) is 30.3 Å². The fourth-order valence-electron chi connectivity index (χ4n) is 2.39. The van der Waals surface area contributed by atoms with Crippen LogP contribution in [-0.4, -0.2) is 10.9 Å². The van der Waals surface area contributed by atoms with Gasteiger partial charge >= 0.3 is 0 Å². The zero-order valence-corrected chi connectivity index (χ0v) is 8.94.